The van der Waals surface area contributed by atoms with Crippen molar-refractivity contribution < 1.29 is 4.92 Å². The molecule has 0 aliphatic heterocycles. The predicted octanol–water partition coefficient (Wildman–Crippen LogP) is 3.64. The second-order valence-electron chi connectivity index (χ2n) is 4.55. The zero-order chi connectivity index (χ0) is 14.7. The molecule has 5 nitrogen and oxygen atoms in total. The SMILES string of the molecule is CCN(c1ccc(C)cc1)c1cccc(N)c1[N+](=O)[O-]. The first kappa shape index (κ1) is 13.9. The van der Waals surface area contributed by atoms with E-state index in [1.165, 1.54) is 0 Å². The average molecular weight is 271 g/mol. The van der Waals surface area contributed by atoms with Gasteiger partial charge in [-0.1, -0.05) is 23.8 Å². The van der Waals surface area contributed by atoms with Gasteiger partial charge in [0.05, 0.1) is 4.92 Å². The van der Waals surface area contributed by atoms with Gasteiger partial charge in [0.2, 0.25) is 0 Å². The van der Waals surface area contributed by atoms with Crippen LogP contribution in [0.2, 0.25) is 0 Å². The van der Waals surface area contributed by atoms with E-state index in [-0.39, 0.29) is 11.4 Å². The van der Waals surface area contributed by atoms with Gasteiger partial charge in [-0.3, -0.25) is 10.1 Å². The number of nitrogen functional groups attached to an aromatic ring is 1. The molecule has 0 fully saturated rings. The zero-order valence-electron chi connectivity index (χ0n) is 11.5. The number of nitro groups is 1. The molecule has 0 saturated carbocycles. The first-order valence-corrected chi connectivity index (χ1v) is 6.41. The maximum Gasteiger partial charge on any atom is 0.315 e. The first-order valence-electron chi connectivity index (χ1n) is 6.41. The molecule has 2 rings (SSSR count). The van der Waals surface area contributed by atoms with Crippen molar-refractivity contribution in [2.24, 2.45) is 0 Å². The summed E-state index contributed by atoms with van der Waals surface area (Å²) in [4.78, 5) is 12.7. The van der Waals surface area contributed by atoms with Crippen molar-refractivity contribution in [3.8, 4) is 0 Å². The van der Waals surface area contributed by atoms with E-state index in [4.69, 9.17) is 5.73 Å². The summed E-state index contributed by atoms with van der Waals surface area (Å²) < 4.78 is 0. The van der Waals surface area contributed by atoms with Gasteiger partial charge in [0, 0.05) is 12.2 Å². The Labute approximate surface area is 117 Å². The number of nitrogens with two attached hydrogens (primary N) is 1. The smallest absolute Gasteiger partial charge is 0.315 e. The number of hydrogen-bond acceptors (Lipinski definition) is 4. The minimum absolute atomic E-state index is 0.0464. The molecule has 0 saturated heterocycles. The highest BCUT2D eigenvalue weighted by molar-refractivity contribution is 5.79. The summed E-state index contributed by atoms with van der Waals surface area (Å²) in [5.74, 6) is 0. The summed E-state index contributed by atoms with van der Waals surface area (Å²) in [5, 5.41) is 11.2. The predicted molar refractivity (Wildman–Crippen MR) is 81.4 cm³/mol. The molecule has 0 aliphatic carbocycles. The summed E-state index contributed by atoms with van der Waals surface area (Å²) >= 11 is 0. The number of nitrogens with zero attached hydrogens (tertiary/aromatic N) is 2. The summed E-state index contributed by atoms with van der Waals surface area (Å²) in [5.41, 5.74) is 8.45. The van der Waals surface area contributed by atoms with Crippen molar-refractivity contribution in [2.45, 2.75) is 13.8 Å². The van der Waals surface area contributed by atoms with Gasteiger partial charge >= 0.3 is 5.69 Å². The fourth-order valence-corrected chi connectivity index (χ4v) is 2.18. The van der Waals surface area contributed by atoms with Gasteiger partial charge in [-0.25, -0.2) is 0 Å². The molecule has 0 aromatic heterocycles. The Morgan fingerprint density at radius 2 is 1.85 bits per heavy atom. The van der Waals surface area contributed by atoms with Gasteiger partial charge in [0.1, 0.15) is 11.4 Å². The van der Waals surface area contributed by atoms with Gasteiger partial charge in [0.25, 0.3) is 0 Å². The van der Waals surface area contributed by atoms with Crippen LogP contribution >= 0.6 is 0 Å². The quantitative estimate of drug-likeness (QED) is 0.523. The average Bonchev–Trinajstić information content (AvgIpc) is 2.41. The second-order valence-corrected chi connectivity index (χ2v) is 4.55. The fourth-order valence-electron chi connectivity index (χ4n) is 2.18. The van der Waals surface area contributed by atoms with Crippen LogP contribution in [0.4, 0.5) is 22.7 Å². The molecule has 0 aliphatic rings. The molecule has 2 aromatic rings. The van der Waals surface area contributed by atoms with Crippen LogP contribution in [0.3, 0.4) is 0 Å². The number of aryl methyl sites for hydroxylation is 1. The van der Waals surface area contributed by atoms with Crippen molar-refractivity contribution in [2.75, 3.05) is 17.2 Å². The van der Waals surface area contributed by atoms with E-state index in [0.717, 1.165) is 11.3 Å². The van der Waals surface area contributed by atoms with Crippen LogP contribution in [0.5, 0.6) is 0 Å². The zero-order valence-corrected chi connectivity index (χ0v) is 11.5. The van der Waals surface area contributed by atoms with E-state index in [0.29, 0.717) is 12.2 Å². The van der Waals surface area contributed by atoms with E-state index in [1.54, 1.807) is 18.2 Å². The fraction of sp³-hybridized carbons (Fsp3) is 0.200. The summed E-state index contributed by atoms with van der Waals surface area (Å²) in [6, 6.07) is 12.9. The number of para-hydroxylation sites is 1. The lowest BCUT2D eigenvalue weighted by molar-refractivity contribution is -0.383. The maximum atomic E-state index is 11.2. The number of anilines is 3. The summed E-state index contributed by atoms with van der Waals surface area (Å²) in [6.45, 7) is 4.57. The number of benzene rings is 2. The molecule has 0 radical (unpaired) electrons. The van der Waals surface area contributed by atoms with Crippen LogP contribution in [0.25, 0.3) is 0 Å². The Balaban J connectivity index is 2.55. The van der Waals surface area contributed by atoms with Crippen molar-refractivity contribution in [1.82, 2.24) is 0 Å². The third-order valence-corrected chi connectivity index (χ3v) is 3.18. The van der Waals surface area contributed by atoms with Crippen LogP contribution < -0.4 is 10.6 Å². The Morgan fingerprint density at radius 3 is 2.40 bits per heavy atom. The van der Waals surface area contributed by atoms with E-state index in [9.17, 15) is 10.1 Å². The molecule has 20 heavy (non-hydrogen) atoms. The molecule has 0 heterocycles. The molecular weight excluding hydrogens is 254 g/mol. The minimum atomic E-state index is -0.429. The van der Waals surface area contributed by atoms with Crippen LogP contribution in [-0.4, -0.2) is 11.5 Å². The lowest BCUT2D eigenvalue weighted by Gasteiger charge is -2.23. The molecule has 0 unspecified atom stereocenters. The first-order chi connectivity index (χ1) is 9.54. The Morgan fingerprint density at radius 1 is 1.20 bits per heavy atom. The Hall–Kier alpha value is -2.56. The standard InChI is InChI=1S/C15H17N3O2/c1-3-17(12-9-7-11(2)8-10-12)14-6-4-5-13(16)15(14)18(19)20/h4-10H,3,16H2,1-2H3. The molecule has 2 N–H and O–H groups in total. The number of nitro benzene ring substituents is 1. The summed E-state index contributed by atoms with van der Waals surface area (Å²) in [7, 11) is 0. The van der Waals surface area contributed by atoms with Crippen molar-refractivity contribution in [3.05, 3.63) is 58.1 Å². The third kappa shape index (κ3) is 2.56. The lowest BCUT2D eigenvalue weighted by atomic mass is 10.1. The van der Waals surface area contributed by atoms with Crippen LogP contribution in [0, 0.1) is 17.0 Å². The van der Waals surface area contributed by atoms with Crippen LogP contribution in [-0.2, 0) is 0 Å². The largest absolute Gasteiger partial charge is 0.393 e. The normalized spacial score (nSPS) is 10.3. The van der Waals surface area contributed by atoms with E-state index >= 15 is 0 Å². The molecule has 0 spiro atoms. The number of hydrogen-bond donors (Lipinski definition) is 1. The molecular formula is C15H17N3O2. The molecule has 5 heteroatoms. The maximum absolute atomic E-state index is 11.2. The van der Waals surface area contributed by atoms with Crippen LogP contribution in [0.15, 0.2) is 42.5 Å². The lowest BCUT2D eigenvalue weighted by Crippen LogP contribution is -2.17. The molecule has 104 valence electrons. The molecule has 0 amide bonds. The van der Waals surface area contributed by atoms with E-state index in [2.05, 4.69) is 0 Å². The second kappa shape index (κ2) is 5.61. The molecule has 0 atom stereocenters. The highest BCUT2D eigenvalue weighted by Crippen LogP contribution is 2.37. The van der Waals surface area contributed by atoms with Gasteiger partial charge in [-0.05, 0) is 38.1 Å². The number of rotatable bonds is 4. The topological polar surface area (TPSA) is 72.4 Å². The van der Waals surface area contributed by atoms with Crippen molar-refractivity contribution >= 4 is 22.7 Å². The monoisotopic (exact) mass is 271 g/mol. The molecule has 0 bridgehead atoms. The van der Waals surface area contributed by atoms with Gasteiger partial charge in [0.15, 0.2) is 0 Å². The van der Waals surface area contributed by atoms with E-state index in [1.807, 2.05) is 43.0 Å². The van der Waals surface area contributed by atoms with Gasteiger partial charge < -0.3 is 10.6 Å². The van der Waals surface area contributed by atoms with Crippen molar-refractivity contribution in [1.29, 1.82) is 0 Å². The Bertz CT molecular complexity index is 624. The Kier molecular flexibility index (Phi) is 3.89. The van der Waals surface area contributed by atoms with Gasteiger partial charge in [-0.15, -0.1) is 0 Å². The van der Waals surface area contributed by atoms with Crippen LogP contribution in [0.1, 0.15) is 12.5 Å². The highest BCUT2D eigenvalue weighted by atomic mass is 16.6. The molecule has 2 aromatic carbocycles. The highest BCUT2D eigenvalue weighted by Gasteiger charge is 2.22. The van der Waals surface area contributed by atoms with Gasteiger partial charge in [-0.2, -0.15) is 0 Å². The summed E-state index contributed by atoms with van der Waals surface area (Å²) in [6.07, 6.45) is 0. The van der Waals surface area contributed by atoms with E-state index < -0.39 is 4.92 Å². The minimum Gasteiger partial charge on any atom is -0.393 e. The van der Waals surface area contributed by atoms with Crippen molar-refractivity contribution in [3.63, 3.8) is 0 Å². The third-order valence-electron chi connectivity index (χ3n) is 3.18.